The molecule has 4 amide bonds. The number of amides is 4. The molecular weight excluding hydrogens is 322 g/mol. The van der Waals surface area contributed by atoms with Crippen LogP contribution in [0.1, 0.15) is 43.7 Å². The molecule has 2 heterocycles. The van der Waals surface area contributed by atoms with Gasteiger partial charge in [0.05, 0.1) is 12.6 Å². The molecule has 0 unspecified atom stereocenters. The number of rotatable bonds is 5. The van der Waals surface area contributed by atoms with Crippen LogP contribution < -0.4 is 15.4 Å². The molecule has 3 rings (SSSR count). The zero-order valence-corrected chi connectivity index (χ0v) is 14.1. The summed E-state index contributed by atoms with van der Waals surface area (Å²) in [5.74, 6) is 0.574. The molecule has 0 aliphatic carbocycles. The highest BCUT2D eigenvalue weighted by Crippen LogP contribution is 2.30. The van der Waals surface area contributed by atoms with Crippen LogP contribution in [0, 0.1) is 0 Å². The quantitative estimate of drug-likeness (QED) is 0.628. The fraction of sp³-hybridized carbons (Fsp3) is 0.500. The number of ether oxygens (including phenoxy) is 1. The second-order valence-electron chi connectivity index (χ2n) is 6.27. The number of nitrogens with one attached hydrogen (secondary N) is 2. The van der Waals surface area contributed by atoms with Gasteiger partial charge in [-0.3, -0.25) is 14.5 Å². The molecule has 134 valence electrons. The number of nitrogens with zero attached hydrogens (tertiary/aromatic N) is 1. The van der Waals surface area contributed by atoms with E-state index in [9.17, 15) is 14.4 Å². The van der Waals surface area contributed by atoms with E-state index in [1.54, 1.807) is 0 Å². The molecule has 0 spiro atoms. The fourth-order valence-corrected chi connectivity index (χ4v) is 3.20. The van der Waals surface area contributed by atoms with Crippen LogP contribution in [-0.2, 0) is 9.59 Å². The summed E-state index contributed by atoms with van der Waals surface area (Å²) in [6.07, 6.45) is 2.85. The van der Waals surface area contributed by atoms with Gasteiger partial charge in [0.25, 0.3) is 0 Å². The maximum atomic E-state index is 12.1. The molecule has 2 aliphatic heterocycles. The summed E-state index contributed by atoms with van der Waals surface area (Å²) < 4.78 is 5.69. The van der Waals surface area contributed by atoms with Crippen LogP contribution >= 0.6 is 0 Å². The zero-order chi connectivity index (χ0) is 17.6. The molecule has 0 aromatic heterocycles. The molecule has 1 aromatic carbocycles. The summed E-state index contributed by atoms with van der Waals surface area (Å²) in [7, 11) is 0. The molecule has 1 aromatic rings. The lowest BCUT2D eigenvalue weighted by Gasteiger charge is -2.19. The van der Waals surface area contributed by atoms with E-state index in [1.807, 2.05) is 24.3 Å². The summed E-state index contributed by atoms with van der Waals surface area (Å²) in [6.45, 7) is 1.42. The molecule has 0 bridgehead atoms. The monoisotopic (exact) mass is 345 g/mol. The Morgan fingerprint density at radius 2 is 1.96 bits per heavy atom. The van der Waals surface area contributed by atoms with Gasteiger partial charge in [-0.15, -0.1) is 0 Å². The lowest BCUT2D eigenvalue weighted by atomic mass is 10.0. The minimum Gasteiger partial charge on any atom is -0.493 e. The predicted octanol–water partition coefficient (Wildman–Crippen LogP) is 1.74. The van der Waals surface area contributed by atoms with Crippen molar-refractivity contribution in [1.82, 2.24) is 15.5 Å². The van der Waals surface area contributed by atoms with Gasteiger partial charge in [0.1, 0.15) is 5.75 Å². The Balaban J connectivity index is 1.45. The van der Waals surface area contributed by atoms with E-state index < -0.39 is 0 Å². The van der Waals surface area contributed by atoms with Gasteiger partial charge in [0.15, 0.2) is 0 Å². The third kappa shape index (κ3) is 4.29. The molecule has 1 atom stereocenters. The van der Waals surface area contributed by atoms with Gasteiger partial charge < -0.3 is 15.4 Å². The maximum Gasteiger partial charge on any atom is 0.315 e. The van der Waals surface area contributed by atoms with Crippen LogP contribution in [-0.4, -0.2) is 42.4 Å². The SMILES string of the molecule is O=C(NCCCN1C(=O)CCC1=O)N[C@@H]1CCCOc2ccccc21. The van der Waals surface area contributed by atoms with Crippen molar-refractivity contribution in [3.05, 3.63) is 29.8 Å². The molecule has 2 aliphatic rings. The van der Waals surface area contributed by atoms with Gasteiger partial charge >= 0.3 is 6.03 Å². The van der Waals surface area contributed by atoms with Crippen molar-refractivity contribution in [1.29, 1.82) is 0 Å². The average molecular weight is 345 g/mol. The van der Waals surface area contributed by atoms with E-state index in [1.165, 1.54) is 4.90 Å². The van der Waals surface area contributed by atoms with Gasteiger partial charge in [-0.1, -0.05) is 18.2 Å². The van der Waals surface area contributed by atoms with Crippen molar-refractivity contribution >= 4 is 17.8 Å². The number of carbonyl (C=O) groups excluding carboxylic acids is 3. The summed E-state index contributed by atoms with van der Waals surface area (Å²) in [5.41, 5.74) is 0.989. The van der Waals surface area contributed by atoms with Gasteiger partial charge in [0, 0.05) is 31.5 Å². The Hall–Kier alpha value is -2.57. The number of imide groups is 1. The van der Waals surface area contributed by atoms with Gasteiger partial charge in [-0.2, -0.15) is 0 Å². The molecule has 1 saturated heterocycles. The predicted molar refractivity (Wildman–Crippen MR) is 91.0 cm³/mol. The normalized spacial score (nSPS) is 19.8. The highest BCUT2D eigenvalue weighted by atomic mass is 16.5. The van der Waals surface area contributed by atoms with E-state index in [0.29, 0.717) is 39.0 Å². The average Bonchev–Trinajstić information content (AvgIpc) is 2.81. The summed E-state index contributed by atoms with van der Waals surface area (Å²) in [5, 5.41) is 5.78. The Morgan fingerprint density at radius 1 is 1.20 bits per heavy atom. The molecule has 1 fully saturated rings. The highest BCUT2D eigenvalue weighted by molar-refractivity contribution is 6.01. The third-order valence-corrected chi connectivity index (χ3v) is 4.49. The third-order valence-electron chi connectivity index (χ3n) is 4.49. The highest BCUT2D eigenvalue weighted by Gasteiger charge is 2.28. The van der Waals surface area contributed by atoms with Crippen molar-refractivity contribution in [2.75, 3.05) is 19.7 Å². The van der Waals surface area contributed by atoms with Crippen LogP contribution in [0.15, 0.2) is 24.3 Å². The number of hydrogen-bond donors (Lipinski definition) is 2. The molecule has 7 heteroatoms. The molecule has 25 heavy (non-hydrogen) atoms. The Labute approximate surface area is 146 Å². The van der Waals surface area contributed by atoms with Crippen LogP contribution in [0.3, 0.4) is 0 Å². The van der Waals surface area contributed by atoms with Gasteiger partial charge in [-0.25, -0.2) is 4.79 Å². The number of para-hydroxylation sites is 1. The smallest absolute Gasteiger partial charge is 0.315 e. The molecule has 0 saturated carbocycles. The fourth-order valence-electron chi connectivity index (χ4n) is 3.20. The largest absolute Gasteiger partial charge is 0.493 e. The standard InChI is InChI=1S/C18H23N3O4/c22-16-8-9-17(23)21(16)11-4-10-19-18(24)20-14-6-3-12-25-15-7-2-1-5-13(14)15/h1-2,5,7,14H,3-4,6,8-12H2,(H2,19,20,24)/t14-/m1/s1. The van der Waals surface area contributed by atoms with Crippen LogP contribution in [0.25, 0.3) is 0 Å². The van der Waals surface area contributed by atoms with E-state index in [-0.39, 0.29) is 23.9 Å². The number of likely N-dealkylation sites (tertiary alicyclic amines) is 1. The van der Waals surface area contributed by atoms with Gasteiger partial charge in [0.2, 0.25) is 11.8 Å². The van der Waals surface area contributed by atoms with Crippen LogP contribution in [0.5, 0.6) is 5.75 Å². The lowest BCUT2D eigenvalue weighted by Crippen LogP contribution is -2.39. The summed E-state index contributed by atoms with van der Waals surface area (Å²) >= 11 is 0. The van der Waals surface area contributed by atoms with Gasteiger partial charge in [-0.05, 0) is 25.3 Å². The summed E-state index contributed by atoms with van der Waals surface area (Å²) in [6, 6.07) is 7.40. The van der Waals surface area contributed by atoms with Crippen LogP contribution in [0.4, 0.5) is 4.79 Å². The number of fused-ring (bicyclic) bond motifs is 1. The molecule has 2 N–H and O–H groups in total. The first-order valence-corrected chi connectivity index (χ1v) is 8.74. The van der Waals surface area contributed by atoms with Crippen molar-refractivity contribution in [2.24, 2.45) is 0 Å². The van der Waals surface area contributed by atoms with Crippen molar-refractivity contribution < 1.29 is 19.1 Å². The Bertz CT molecular complexity index is 645. The molecule has 0 radical (unpaired) electrons. The second-order valence-corrected chi connectivity index (χ2v) is 6.27. The minimum atomic E-state index is -0.249. The first-order valence-electron chi connectivity index (χ1n) is 8.74. The second kappa shape index (κ2) is 8.00. The van der Waals surface area contributed by atoms with E-state index in [4.69, 9.17) is 4.74 Å². The van der Waals surface area contributed by atoms with E-state index in [0.717, 1.165) is 24.2 Å². The maximum absolute atomic E-state index is 12.1. The zero-order valence-electron chi connectivity index (χ0n) is 14.1. The number of benzene rings is 1. The minimum absolute atomic E-state index is 0.0829. The summed E-state index contributed by atoms with van der Waals surface area (Å²) in [4.78, 5) is 36.5. The Kier molecular flexibility index (Phi) is 5.53. The number of carbonyl (C=O) groups is 3. The van der Waals surface area contributed by atoms with Crippen molar-refractivity contribution in [3.63, 3.8) is 0 Å². The number of hydrogen-bond acceptors (Lipinski definition) is 4. The first-order chi connectivity index (χ1) is 12.1. The lowest BCUT2D eigenvalue weighted by molar-refractivity contribution is -0.138. The Morgan fingerprint density at radius 3 is 2.76 bits per heavy atom. The number of urea groups is 1. The van der Waals surface area contributed by atoms with E-state index in [2.05, 4.69) is 10.6 Å². The van der Waals surface area contributed by atoms with Crippen LogP contribution in [0.2, 0.25) is 0 Å². The topological polar surface area (TPSA) is 87.7 Å². The molecular formula is C18H23N3O4. The van der Waals surface area contributed by atoms with Crippen molar-refractivity contribution in [3.8, 4) is 5.75 Å². The van der Waals surface area contributed by atoms with E-state index >= 15 is 0 Å². The molecule has 7 nitrogen and oxygen atoms in total. The van der Waals surface area contributed by atoms with Crippen molar-refractivity contribution in [2.45, 2.75) is 38.1 Å². The first kappa shape index (κ1) is 17.3.